The van der Waals surface area contributed by atoms with Gasteiger partial charge in [0, 0.05) is 22.7 Å². The fourth-order valence-corrected chi connectivity index (χ4v) is 3.88. The minimum absolute atomic E-state index is 0.00343. The van der Waals surface area contributed by atoms with Crippen LogP contribution in [0.5, 0.6) is 5.75 Å². The summed E-state index contributed by atoms with van der Waals surface area (Å²) in [6, 6.07) is 16.2. The van der Waals surface area contributed by atoms with Crippen molar-refractivity contribution in [1.82, 2.24) is 5.32 Å². The van der Waals surface area contributed by atoms with Gasteiger partial charge < -0.3 is 10.1 Å². The first kappa shape index (κ1) is 23.5. The molecule has 5 nitrogen and oxygen atoms in total. The minimum Gasteiger partial charge on any atom is -0.488 e. The van der Waals surface area contributed by atoms with Crippen molar-refractivity contribution in [1.29, 1.82) is 0 Å². The third-order valence-corrected chi connectivity index (χ3v) is 6.13. The Balaban J connectivity index is 1.58. The molecule has 31 heavy (non-hydrogen) atoms. The predicted molar refractivity (Wildman–Crippen MR) is 120 cm³/mol. The van der Waals surface area contributed by atoms with E-state index in [1.54, 1.807) is 42.5 Å². The molecule has 0 aliphatic carbocycles. The maximum Gasteiger partial charge on any atom is 0.238 e. The predicted octanol–water partition coefficient (Wildman–Crippen LogP) is 4.69. The molecule has 0 bridgehead atoms. The number of benzene rings is 3. The van der Waals surface area contributed by atoms with Gasteiger partial charge >= 0.3 is 0 Å². The van der Waals surface area contributed by atoms with Gasteiger partial charge in [-0.2, -0.15) is 0 Å². The van der Waals surface area contributed by atoms with E-state index in [9.17, 15) is 12.8 Å². The molecule has 0 aromatic heterocycles. The molecular weight excluding hydrogens is 462 g/mol. The molecule has 0 amide bonds. The Kier molecular flexibility index (Phi) is 7.91. The Labute approximate surface area is 191 Å². The maximum atomic E-state index is 14.0. The zero-order valence-electron chi connectivity index (χ0n) is 16.4. The molecule has 3 aromatic rings. The summed E-state index contributed by atoms with van der Waals surface area (Å²) in [4.78, 5) is 0.0832. The standard InChI is InChI=1S/C22H21Cl2FN2O3S/c23-17-6-9-22(30-14-19-20(24)2-1-3-21(19)25)16(12-17)13-27-11-10-15-4-7-18(8-5-15)31(26,28)29/h1-9,12,27H,10-11,13-14H2,(H2,26,28,29). The number of primary sulfonamides is 1. The minimum atomic E-state index is -3.69. The van der Waals surface area contributed by atoms with Crippen molar-refractivity contribution >= 4 is 33.2 Å². The van der Waals surface area contributed by atoms with E-state index in [4.69, 9.17) is 33.1 Å². The summed E-state index contributed by atoms with van der Waals surface area (Å²) in [5, 5.41) is 9.28. The van der Waals surface area contributed by atoms with Crippen LogP contribution in [0.4, 0.5) is 4.39 Å². The second-order valence-corrected chi connectivity index (χ2v) is 9.26. The number of hydrogen-bond acceptors (Lipinski definition) is 4. The summed E-state index contributed by atoms with van der Waals surface area (Å²) in [6.45, 7) is 1.12. The summed E-state index contributed by atoms with van der Waals surface area (Å²) in [6.07, 6.45) is 0.687. The van der Waals surface area contributed by atoms with E-state index < -0.39 is 15.8 Å². The van der Waals surface area contributed by atoms with Crippen LogP contribution in [0.2, 0.25) is 10.0 Å². The van der Waals surface area contributed by atoms with Crippen molar-refractivity contribution in [3.05, 3.63) is 93.2 Å². The number of nitrogens with one attached hydrogen (secondary N) is 1. The molecule has 0 saturated carbocycles. The van der Waals surface area contributed by atoms with Crippen molar-refractivity contribution < 1.29 is 17.5 Å². The lowest BCUT2D eigenvalue weighted by atomic mass is 10.1. The Morgan fingerprint density at radius 1 is 1.03 bits per heavy atom. The lowest BCUT2D eigenvalue weighted by Gasteiger charge is -2.14. The number of halogens is 3. The number of ether oxygens (including phenoxy) is 1. The monoisotopic (exact) mass is 482 g/mol. The molecule has 3 rings (SSSR count). The molecule has 3 aromatic carbocycles. The highest BCUT2D eigenvalue weighted by molar-refractivity contribution is 7.89. The zero-order chi connectivity index (χ0) is 22.4. The van der Waals surface area contributed by atoms with Gasteiger partial charge in [0.15, 0.2) is 0 Å². The summed E-state index contributed by atoms with van der Waals surface area (Å²) in [5.41, 5.74) is 2.09. The normalized spacial score (nSPS) is 11.5. The van der Waals surface area contributed by atoms with Gasteiger partial charge in [0.05, 0.1) is 9.92 Å². The van der Waals surface area contributed by atoms with Crippen molar-refractivity contribution in [2.24, 2.45) is 5.14 Å². The molecule has 0 saturated heterocycles. The van der Waals surface area contributed by atoms with E-state index in [1.807, 2.05) is 0 Å². The molecule has 9 heteroatoms. The smallest absolute Gasteiger partial charge is 0.238 e. The second kappa shape index (κ2) is 10.4. The number of hydrogen-bond donors (Lipinski definition) is 2. The van der Waals surface area contributed by atoms with Gasteiger partial charge in [-0.3, -0.25) is 0 Å². The Morgan fingerprint density at radius 3 is 2.45 bits per heavy atom. The summed E-state index contributed by atoms with van der Waals surface area (Å²) in [7, 11) is -3.69. The van der Waals surface area contributed by atoms with E-state index in [1.165, 1.54) is 18.2 Å². The number of sulfonamides is 1. The average Bonchev–Trinajstić information content (AvgIpc) is 2.72. The topological polar surface area (TPSA) is 81.4 Å². The highest BCUT2D eigenvalue weighted by atomic mass is 35.5. The SMILES string of the molecule is NS(=O)(=O)c1ccc(CCNCc2cc(Cl)ccc2OCc2c(F)cccc2Cl)cc1. The van der Waals surface area contributed by atoms with E-state index in [0.717, 1.165) is 11.1 Å². The van der Waals surface area contributed by atoms with Crippen LogP contribution >= 0.6 is 23.2 Å². The molecule has 0 unspecified atom stereocenters. The van der Waals surface area contributed by atoms with Crippen LogP contribution in [0.25, 0.3) is 0 Å². The molecule has 0 fully saturated rings. The van der Waals surface area contributed by atoms with Crippen molar-refractivity contribution in [2.45, 2.75) is 24.5 Å². The highest BCUT2D eigenvalue weighted by Crippen LogP contribution is 2.26. The van der Waals surface area contributed by atoms with Gasteiger partial charge in [0.2, 0.25) is 10.0 Å². The number of rotatable bonds is 9. The van der Waals surface area contributed by atoms with E-state index in [-0.39, 0.29) is 11.5 Å². The van der Waals surface area contributed by atoms with E-state index >= 15 is 0 Å². The van der Waals surface area contributed by atoms with Crippen LogP contribution < -0.4 is 15.2 Å². The summed E-state index contributed by atoms with van der Waals surface area (Å²) < 4.78 is 42.4. The largest absolute Gasteiger partial charge is 0.488 e. The molecular formula is C22H21Cl2FN2O3S. The van der Waals surface area contributed by atoms with E-state index in [2.05, 4.69) is 5.32 Å². The molecule has 0 spiro atoms. The second-order valence-electron chi connectivity index (χ2n) is 6.86. The van der Waals surface area contributed by atoms with Crippen LogP contribution in [0, 0.1) is 5.82 Å². The summed E-state index contributed by atoms with van der Waals surface area (Å²) >= 11 is 12.2. The van der Waals surface area contributed by atoms with Gasteiger partial charge in [0.1, 0.15) is 18.2 Å². The average molecular weight is 483 g/mol. The summed E-state index contributed by atoms with van der Waals surface area (Å²) in [5.74, 6) is 0.156. The first-order valence-corrected chi connectivity index (χ1v) is 11.7. The van der Waals surface area contributed by atoms with Crippen LogP contribution in [-0.4, -0.2) is 15.0 Å². The molecule has 0 aliphatic heterocycles. The molecule has 0 atom stereocenters. The first-order chi connectivity index (χ1) is 14.7. The molecule has 3 N–H and O–H groups in total. The molecule has 0 aliphatic rings. The lowest BCUT2D eigenvalue weighted by molar-refractivity contribution is 0.296. The molecule has 0 radical (unpaired) electrons. The van der Waals surface area contributed by atoms with Crippen LogP contribution in [0.1, 0.15) is 16.7 Å². The fourth-order valence-electron chi connectivity index (χ4n) is 2.95. The van der Waals surface area contributed by atoms with Crippen LogP contribution in [0.15, 0.2) is 65.6 Å². The highest BCUT2D eigenvalue weighted by Gasteiger charge is 2.11. The Morgan fingerprint density at radius 2 is 1.77 bits per heavy atom. The third-order valence-electron chi connectivity index (χ3n) is 4.61. The van der Waals surface area contributed by atoms with Crippen LogP contribution in [-0.2, 0) is 29.6 Å². The quantitative estimate of drug-likeness (QED) is 0.433. The Hall–Kier alpha value is -2.16. The van der Waals surface area contributed by atoms with Crippen molar-refractivity contribution in [3.8, 4) is 5.75 Å². The van der Waals surface area contributed by atoms with Crippen molar-refractivity contribution in [2.75, 3.05) is 6.54 Å². The van der Waals surface area contributed by atoms with Gasteiger partial charge in [-0.25, -0.2) is 17.9 Å². The Bertz CT molecular complexity index is 1140. The maximum absolute atomic E-state index is 14.0. The van der Waals surface area contributed by atoms with Gasteiger partial charge in [-0.05, 0) is 61.0 Å². The van der Waals surface area contributed by atoms with Gasteiger partial charge in [-0.15, -0.1) is 0 Å². The molecule has 0 heterocycles. The molecule has 164 valence electrons. The van der Waals surface area contributed by atoms with Gasteiger partial charge in [-0.1, -0.05) is 41.4 Å². The third kappa shape index (κ3) is 6.66. The number of nitrogens with two attached hydrogens (primary N) is 1. The van der Waals surface area contributed by atoms with E-state index in [0.29, 0.717) is 40.9 Å². The first-order valence-electron chi connectivity index (χ1n) is 9.40. The van der Waals surface area contributed by atoms with Crippen LogP contribution in [0.3, 0.4) is 0 Å². The fraction of sp³-hybridized carbons (Fsp3) is 0.182. The zero-order valence-corrected chi connectivity index (χ0v) is 18.8. The van der Waals surface area contributed by atoms with Gasteiger partial charge in [0.25, 0.3) is 0 Å². The lowest BCUT2D eigenvalue weighted by Crippen LogP contribution is -2.17. The van der Waals surface area contributed by atoms with Crippen molar-refractivity contribution in [3.63, 3.8) is 0 Å².